The molecule has 1 aliphatic rings. The van der Waals surface area contributed by atoms with Crippen molar-refractivity contribution in [3.05, 3.63) is 35.9 Å². The summed E-state index contributed by atoms with van der Waals surface area (Å²) in [7, 11) is 0. The lowest BCUT2D eigenvalue weighted by Crippen LogP contribution is -2.64. The number of nitrogens with zero attached hydrogens (tertiary/aromatic N) is 1. The molecule has 1 N–H and O–H groups in total. The quantitative estimate of drug-likeness (QED) is 0.924. The number of piperazine rings is 1. The van der Waals surface area contributed by atoms with E-state index >= 15 is 0 Å². The molecule has 1 unspecified atom stereocenters. The monoisotopic (exact) mass is 288 g/mol. The number of hydrogen-bond acceptors (Lipinski definition) is 2. The van der Waals surface area contributed by atoms with Gasteiger partial charge in [0.15, 0.2) is 0 Å². The Balaban J connectivity index is 2.05. The van der Waals surface area contributed by atoms with Crippen LogP contribution in [-0.4, -0.2) is 35.5 Å². The van der Waals surface area contributed by atoms with Crippen LogP contribution in [0.1, 0.15) is 39.7 Å². The summed E-state index contributed by atoms with van der Waals surface area (Å²) in [6.45, 7) is 10.4. The average Bonchev–Trinajstić information content (AvgIpc) is 2.41. The Bertz CT molecular complexity index is 467. The normalized spacial score (nSPS) is 21.6. The number of carbonyl (C=O) groups is 1. The molecule has 0 spiro atoms. The van der Waals surface area contributed by atoms with Gasteiger partial charge in [0, 0.05) is 24.7 Å². The van der Waals surface area contributed by atoms with Crippen molar-refractivity contribution in [2.24, 2.45) is 5.92 Å². The first-order valence-electron chi connectivity index (χ1n) is 7.96. The van der Waals surface area contributed by atoms with E-state index in [1.54, 1.807) is 0 Å². The minimum absolute atomic E-state index is 0.112. The molecule has 1 amide bonds. The average molecular weight is 288 g/mol. The third kappa shape index (κ3) is 4.31. The van der Waals surface area contributed by atoms with Gasteiger partial charge in [0.25, 0.3) is 0 Å². The zero-order valence-electron chi connectivity index (χ0n) is 13.7. The number of benzene rings is 1. The van der Waals surface area contributed by atoms with Crippen LogP contribution in [0.15, 0.2) is 30.3 Å². The molecule has 1 fully saturated rings. The molecule has 3 nitrogen and oxygen atoms in total. The van der Waals surface area contributed by atoms with E-state index in [4.69, 9.17) is 0 Å². The van der Waals surface area contributed by atoms with Gasteiger partial charge in [-0.15, -0.1) is 0 Å². The van der Waals surface area contributed by atoms with Gasteiger partial charge in [0.05, 0.1) is 6.42 Å². The highest BCUT2D eigenvalue weighted by molar-refractivity contribution is 5.79. The lowest BCUT2D eigenvalue weighted by atomic mass is 9.93. The summed E-state index contributed by atoms with van der Waals surface area (Å²) < 4.78 is 0. The number of carbonyl (C=O) groups excluding carboxylic acids is 1. The van der Waals surface area contributed by atoms with Crippen LogP contribution < -0.4 is 5.32 Å². The topological polar surface area (TPSA) is 32.3 Å². The third-order valence-electron chi connectivity index (χ3n) is 4.21. The van der Waals surface area contributed by atoms with Crippen LogP contribution in [0.4, 0.5) is 0 Å². The molecule has 21 heavy (non-hydrogen) atoms. The Morgan fingerprint density at radius 3 is 2.62 bits per heavy atom. The van der Waals surface area contributed by atoms with Crippen molar-refractivity contribution in [1.29, 1.82) is 0 Å². The van der Waals surface area contributed by atoms with Gasteiger partial charge in [-0.2, -0.15) is 0 Å². The summed E-state index contributed by atoms with van der Waals surface area (Å²) in [6, 6.07) is 10.4. The molecule has 116 valence electrons. The molecule has 1 aromatic rings. The number of hydrogen-bond donors (Lipinski definition) is 1. The first-order valence-corrected chi connectivity index (χ1v) is 7.96. The van der Waals surface area contributed by atoms with E-state index in [-0.39, 0.29) is 11.4 Å². The third-order valence-corrected chi connectivity index (χ3v) is 4.21. The molecule has 0 aliphatic carbocycles. The second-order valence-corrected chi connectivity index (χ2v) is 7.19. The van der Waals surface area contributed by atoms with Crippen molar-refractivity contribution in [1.82, 2.24) is 10.2 Å². The molecule has 0 radical (unpaired) electrons. The first-order chi connectivity index (χ1) is 9.88. The van der Waals surface area contributed by atoms with E-state index in [0.717, 1.165) is 25.1 Å². The molecule has 1 aromatic carbocycles. The van der Waals surface area contributed by atoms with Gasteiger partial charge in [-0.05, 0) is 31.7 Å². The van der Waals surface area contributed by atoms with E-state index in [0.29, 0.717) is 18.4 Å². The minimum Gasteiger partial charge on any atom is -0.334 e. The zero-order valence-corrected chi connectivity index (χ0v) is 13.7. The molecule has 0 saturated carbocycles. The van der Waals surface area contributed by atoms with Gasteiger partial charge in [0.2, 0.25) is 5.91 Å². The molecular formula is C18H28N2O. The van der Waals surface area contributed by atoms with E-state index in [1.807, 2.05) is 30.3 Å². The molecule has 0 aromatic heterocycles. The predicted molar refractivity (Wildman–Crippen MR) is 87.2 cm³/mol. The van der Waals surface area contributed by atoms with Gasteiger partial charge < -0.3 is 10.2 Å². The summed E-state index contributed by atoms with van der Waals surface area (Å²) in [6.07, 6.45) is 1.61. The first kappa shape index (κ1) is 16.0. The number of nitrogens with one attached hydrogen (secondary N) is 1. The SMILES string of the molecule is CC(C)CC1CN(C(=O)Cc2ccccc2)C(C)(C)CN1. The fraction of sp³-hybridized carbons (Fsp3) is 0.611. The molecule has 1 saturated heterocycles. The van der Waals surface area contributed by atoms with Crippen molar-refractivity contribution in [2.45, 2.75) is 52.1 Å². The Kier molecular flexibility index (Phi) is 5.04. The predicted octanol–water partition coefficient (Wildman–Crippen LogP) is 2.85. The lowest BCUT2D eigenvalue weighted by Gasteiger charge is -2.46. The van der Waals surface area contributed by atoms with Gasteiger partial charge in [-0.1, -0.05) is 44.2 Å². The van der Waals surface area contributed by atoms with Gasteiger partial charge in [0.1, 0.15) is 0 Å². The van der Waals surface area contributed by atoms with Crippen LogP contribution in [0.25, 0.3) is 0 Å². The van der Waals surface area contributed by atoms with Crippen LogP contribution in [0.2, 0.25) is 0 Å². The number of rotatable bonds is 4. The second kappa shape index (κ2) is 6.61. The Labute approximate surface area is 128 Å². The Morgan fingerprint density at radius 1 is 1.33 bits per heavy atom. The molecule has 2 rings (SSSR count). The summed E-state index contributed by atoms with van der Waals surface area (Å²) in [5.74, 6) is 0.885. The van der Waals surface area contributed by atoms with Crippen LogP contribution in [0.3, 0.4) is 0 Å². The Hall–Kier alpha value is -1.35. The van der Waals surface area contributed by atoms with Crippen LogP contribution in [0, 0.1) is 5.92 Å². The van der Waals surface area contributed by atoms with Gasteiger partial charge in [-0.3, -0.25) is 4.79 Å². The van der Waals surface area contributed by atoms with E-state index in [9.17, 15) is 4.79 Å². The van der Waals surface area contributed by atoms with Crippen molar-refractivity contribution >= 4 is 5.91 Å². The van der Waals surface area contributed by atoms with Gasteiger partial charge in [-0.25, -0.2) is 0 Å². The fourth-order valence-corrected chi connectivity index (χ4v) is 3.05. The summed E-state index contributed by atoms with van der Waals surface area (Å²) in [4.78, 5) is 14.8. The summed E-state index contributed by atoms with van der Waals surface area (Å²) in [5, 5.41) is 3.60. The molecular weight excluding hydrogens is 260 g/mol. The number of amides is 1. The maximum absolute atomic E-state index is 12.7. The maximum Gasteiger partial charge on any atom is 0.227 e. The fourth-order valence-electron chi connectivity index (χ4n) is 3.05. The summed E-state index contributed by atoms with van der Waals surface area (Å²) >= 11 is 0. The van der Waals surface area contributed by atoms with E-state index in [1.165, 1.54) is 0 Å². The Morgan fingerprint density at radius 2 is 2.00 bits per heavy atom. The van der Waals surface area contributed by atoms with Crippen molar-refractivity contribution in [3.63, 3.8) is 0 Å². The van der Waals surface area contributed by atoms with E-state index < -0.39 is 0 Å². The molecule has 0 bridgehead atoms. The van der Waals surface area contributed by atoms with Crippen LogP contribution in [0.5, 0.6) is 0 Å². The smallest absolute Gasteiger partial charge is 0.227 e. The largest absolute Gasteiger partial charge is 0.334 e. The van der Waals surface area contributed by atoms with Crippen molar-refractivity contribution in [3.8, 4) is 0 Å². The van der Waals surface area contributed by atoms with Gasteiger partial charge >= 0.3 is 0 Å². The highest BCUT2D eigenvalue weighted by Gasteiger charge is 2.36. The standard InChI is InChI=1S/C18H28N2O/c1-14(2)10-16-12-20(18(3,4)13-19-16)17(21)11-15-8-6-5-7-9-15/h5-9,14,16,19H,10-13H2,1-4H3. The minimum atomic E-state index is -0.112. The van der Waals surface area contributed by atoms with Crippen molar-refractivity contribution in [2.75, 3.05) is 13.1 Å². The maximum atomic E-state index is 12.7. The second-order valence-electron chi connectivity index (χ2n) is 7.19. The molecule has 1 aliphatic heterocycles. The highest BCUT2D eigenvalue weighted by Crippen LogP contribution is 2.22. The van der Waals surface area contributed by atoms with E-state index in [2.05, 4.69) is 37.9 Å². The molecule has 1 atom stereocenters. The zero-order chi connectivity index (χ0) is 15.5. The van der Waals surface area contributed by atoms with Crippen LogP contribution in [-0.2, 0) is 11.2 Å². The molecule has 3 heteroatoms. The van der Waals surface area contributed by atoms with Crippen LogP contribution >= 0.6 is 0 Å². The van der Waals surface area contributed by atoms with Crippen molar-refractivity contribution < 1.29 is 4.79 Å². The lowest BCUT2D eigenvalue weighted by molar-refractivity contribution is -0.138. The summed E-state index contributed by atoms with van der Waals surface area (Å²) in [5.41, 5.74) is 0.983. The molecule has 1 heterocycles. The highest BCUT2D eigenvalue weighted by atomic mass is 16.2.